The van der Waals surface area contributed by atoms with Crippen LogP contribution in [0, 0.1) is 5.92 Å². The SMILES string of the molecule is CC(C)CCN1CCN(C(=O)Nc2cc(C(F)(F)F)ccc2Cl)CC1. The number of nitrogens with zero attached hydrogens (tertiary/aromatic N) is 2. The number of urea groups is 1. The zero-order chi connectivity index (χ0) is 18.6. The van der Waals surface area contributed by atoms with E-state index in [0.29, 0.717) is 19.0 Å². The van der Waals surface area contributed by atoms with Gasteiger partial charge < -0.3 is 10.2 Å². The summed E-state index contributed by atoms with van der Waals surface area (Å²) >= 11 is 5.91. The Bertz CT molecular complexity index is 599. The maximum absolute atomic E-state index is 12.8. The van der Waals surface area contributed by atoms with Crippen molar-refractivity contribution in [2.45, 2.75) is 26.4 Å². The fourth-order valence-corrected chi connectivity index (χ4v) is 2.77. The second kappa shape index (κ2) is 8.27. The molecule has 2 rings (SSSR count). The van der Waals surface area contributed by atoms with E-state index < -0.39 is 17.8 Å². The van der Waals surface area contributed by atoms with Crippen molar-refractivity contribution in [2.75, 3.05) is 38.0 Å². The third-order valence-corrected chi connectivity index (χ3v) is 4.55. The predicted molar refractivity (Wildman–Crippen MR) is 92.9 cm³/mol. The molecule has 25 heavy (non-hydrogen) atoms. The molecule has 0 atom stereocenters. The van der Waals surface area contributed by atoms with Gasteiger partial charge in [0.1, 0.15) is 0 Å². The van der Waals surface area contributed by atoms with Crippen LogP contribution in [0.25, 0.3) is 0 Å². The first-order valence-corrected chi connectivity index (χ1v) is 8.69. The van der Waals surface area contributed by atoms with Crippen LogP contribution >= 0.6 is 11.6 Å². The van der Waals surface area contributed by atoms with Gasteiger partial charge in [-0.2, -0.15) is 13.2 Å². The quantitative estimate of drug-likeness (QED) is 0.835. The monoisotopic (exact) mass is 377 g/mol. The molecular formula is C17H23ClF3N3O. The molecule has 0 unspecified atom stereocenters. The highest BCUT2D eigenvalue weighted by Crippen LogP contribution is 2.33. The van der Waals surface area contributed by atoms with E-state index in [2.05, 4.69) is 24.1 Å². The largest absolute Gasteiger partial charge is 0.416 e. The molecule has 1 aliphatic heterocycles. The van der Waals surface area contributed by atoms with Crippen LogP contribution in [0.15, 0.2) is 18.2 Å². The van der Waals surface area contributed by atoms with Gasteiger partial charge in [-0.1, -0.05) is 25.4 Å². The highest BCUT2D eigenvalue weighted by molar-refractivity contribution is 6.33. The summed E-state index contributed by atoms with van der Waals surface area (Å²) < 4.78 is 38.4. The smallest absolute Gasteiger partial charge is 0.322 e. The van der Waals surface area contributed by atoms with Crippen LogP contribution in [-0.4, -0.2) is 48.6 Å². The summed E-state index contributed by atoms with van der Waals surface area (Å²) in [4.78, 5) is 16.2. The molecule has 0 bridgehead atoms. The van der Waals surface area contributed by atoms with Gasteiger partial charge in [-0.15, -0.1) is 0 Å². The van der Waals surface area contributed by atoms with E-state index in [1.54, 1.807) is 4.90 Å². The van der Waals surface area contributed by atoms with Crippen LogP contribution in [0.3, 0.4) is 0 Å². The lowest BCUT2D eigenvalue weighted by Crippen LogP contribution is -2.50. The van der Waals surface area contributed by atoms with Crippen LogP contribution in [0.1, 0.15) is 25.8 Å². The molecule has 1 aromatic rings. The first-order chi connectivity index (χ1) is 11.7. The third kappa shape index (κ3) is 5.78. The topological polar surface area (TPSA) is 35.6 Å². The Hall–Kier alpha value is -1.47. The van der Waals surface area contributed by atoms with Gasteiger partial charge >= 0.3 is 12.2 Å². The number of halogens is 4. The normalized spacial score (nSPS) is 16.4. The standard InChI is InChI=1S/C17H23ClF3N3O/c1-12(2)5-6-23-7-9-24(10-8-23)16(25)22-15-11-13(17(19,20)21)3-4-14(15)18/h3-4,11-12H,5-10H2,1-2H3,(H,22,25). The number of carbonyl (C=O) groups is 1. The van der Waals surface area contributed by atoms with Gasteiger partial charge in [-0.05, 0) is 37.1 Å². The number of hydrogen-bond acceptors (Lipinski definition) is 2. The lowest BCUT2D eigenvalue weighted by Gasteiger charge is -2.35. The fraction of sp³-hybridized carbons (Fsp3) is 0.588. The molecule has 8 heteroatoms. The Labute approximate surface area is 150 Å². The van der Waals surface area contributed by atoms with Crippen molar-refractivity contribution in [3.63, 3.8) is 0 Å². The minimum Gasteiger partial charge on any atom is -0.322 e. The molecule has 0 aliphatic carbocycles. The Balaban J connectivity index is 1.93. The van der Waals surface area contributed by atoms with Gasteiger partial charge in [0.05, 0.1) is 16.3 Å². The number of nitrogens with one attached hydrogen (secondary N) is 1. The number of carbonyl (C=O) groups excluding carboxylic acids is 1. The zero-order valence-corrected chi connectivity index (χ0v) is 15.1. The molecule has 0 saturated carbocycles. The molecule has 1 aromatic carbocycles. The summed E-state index contributed by atoms with van der Waals surface area (Å²) in [5.74, 6) is 0.629. The van der Waals surface area contributed by atoms with Gasteiger partial charge in [-0.3, -0.25) is 4.90 Å². The van der Waals surface area contributed by atoms with E-state index >= 15 is 0 Å². The highest BCUT2D eigenvalue weighted by atomic mass is 35.5. The van der Waals surface area contributed by atoms with Crippen LogP contribution < -0.4 is 5.32 Å². The average molecular weight is 378 g/mol. The number of amides is 2. The Morgan fingerprint density at radius 1 is 1.24 bits per heavy atom. The van der Waals surface area contributed by atoms with Crippen molar-refractivity contribution >= 4 is 23.3 Å². The van der Waals surface area contributed by atoms with Crippen molar-refractivity contribution in [3.8, 4) is 0 Å². The van der Waals surface area contributed by atoms with E-state index in [1.165, 1.54) is 0 Å². The number of alkyl halides is 3. The molecule has 1 heterocycles. The molecule has 0 aromatic heterocycles. The summed E-state index contributed by atoms with van der Waals surface area (Å²) in [6.45, 7) is 7.94. The summed E-state index contributed by atoms with van der Waals surface area (Å²) in [6, 6.07) is 2.47. The van der Waals surface area contributed by atoms with Crippen LogP contribution in [0.4, 0.5) is 23.7 Å². The van der Waals surface area contributed by atoms with Crippen molar-refractivity contribution in [3.05, 3.63) is 28.8 Å². The molecule has 0 radical (unpaired) electrons. The number of benzene rings is 1. The van der Waals surface area contributed by atoms with Gasteiger partial charge in [0.25, 0.3) is 0 Å². The maximum Gasteiger partial charge on any atom is 0.416 e. The number of anilines is 1. The molecule has 0 spiro atoms. The second-order valence-electron chi connectivity index (χ2n) is 6.63. The zero-order valence-electron chi connectivity index (χ0n) is 14.4. The first kappa shape index (κ1) is 19.8. The number of piperazine rings is 1. The van der Waals surface area contributed by atoms with E-state index in [4.69, 9.17) is 11.6 Å². The third-order valence-electron chi connectivity index (χ3n) is 4.22. The van der Waals surface area contributed by atoms with E-state index in [1.807, 2.05) is 0 Å². The van der Waals surface area contributed by atoms with Gasteiger partial charge in [0, 0.05) is 26.2 Å². The van der Waals surface area contributed by atoms with Crippen LogP contribution in [-0.2, 0) is 6.18 Å². The molecule has 1 N–H and O–H groups in total. The maximum atomic E-state index is 12.8. The summed E-state index contributed by atoms with van der Waals surface area (Å²) in [5.41, 5.74) is -0.866. The van der Waals surface area contributed by atoms with Crippen molar-refractivity contribution < 1.29 is 18.0 Å². The minimum atomic E-state index is -4.48. The fourth-order valence-electron chi connectivity index (χ4n) is 2.61. The lowest BCUT2D eigenvalue weighted by atomic mass is 10.1. The first-order valence-electron chi connectivity index (χ1n) is 8.32. The van der Waals surface area contributed by atoms with Gasteiger partial charge in [0.2, 0.25) is 0 Å². The van der Waals surface area contributed by atoms with Gasteiger partial charge in [-0.25, -0.2) is 4.79 Å². The molecular weight excluding hydrogens is 355 g/mol. The summed E-state index contributed by atoms with van der Waals surface area (Å²) in [7, 11) is 0. The molecule has 1 saturated heterocycles. The van der Waals surface area contributed by atoms with Crippen molar-refractivity contribution in [1.82, 2.24) is 9.80 Å². The Morgan fingerprint density at radius 2 is 1.88 bits per heavy atom. The molecule has 140 valence electrons. The Morgan fingerprint density at radius 3 is 2.44 bits per heavy atom. The molecule has 2 amide bonds. The van der Waals surface area contributed by atoms with Crippen molar-refractivity contribution in [1.29, 1.82) is 0 Å². The number of rotatable bonds is 4. The molecule has 4 nitrogen and oxygen atoms in total. The van der Waals surface area contributed by atoms with E-state index in [-0.39, 0.29) is 10.7 Å². The highest BCUT2D eigenvalue weighted by Gasteiger charge is 2.31. The summed E-state index contributed by atoms with van der Waals surface area (Å²) in [6.07, 6.45) is -3.38. The van der Waals surface area contributed by atoms with Gasteiger partial charge in [0.15, 0.2) is 0 Å². The molecule has 1 fully saturated rings. The lowest BCUT2D eigenvalue weighted by molar-refractivity contribution is -0.137. The van der Waals surface area contributed by atoms with Crippen molar-refractivity contribution in [2.24, 2.45) is 5.92 Å². The molecule has 1 aliphatic rings. The minimum absolute atomic E-state index is 0.0243. The summed E-state index contributed by atoms with van der Waals surface area (Å²) in [5, 5.41) is 2.57. The van der Waals surface area contributed by atoms with Crippen LogP contribution in [0.2, 0.25) is 5.02 Å². The van der Waals surface area contributed by atoms with E-state index in [9.17, 15) is 18.0 Å². The number of hydrogen-bond donors (Lipinski definition) is 1. The van der Waals surface area contributed by atoms with Crippen LogP contribution in [0.5, 0.6) is 0 Å². The van der Waals surface area contributed by atoms with E-state index in [0.717, 1.165) is 44.3 Å². The Kier molecular flexibility index (Phi) is 6.57. The average Bonchev–Trinajstić information content (AvgIpc) is 2.54. The second-order valence-corrected chi connectivity index (χ2v) is 7.04. The predicted octanol–water partition coefficient (Wildman–Crippen LogP) is 4.55.